The number of nitrogens with zero attached hydrogens (tertiary/aromatic N) is 2. The van der Waals surface area contributed by atoms with Crippen LogP contribution in [0.2, 0.25) is 0 Å². The molecule has 0 aliphatic rings. The Hall–Kier alpha value is -2.75. The molecule has 2 N–H and O–H groups in total. The van der Waals surface area contributed by atoms with Crippen molar-refractivity contribution in [1.82, 2.24) is 14.7 Å². The molecule has 7 nitrogen and oxygen atoms in total. The minimum atomic E-state index is -3.82. The molecule has 0 radical (unpaired) electrons. The Morgan fingerprint density at radius 1 is 0.938 bits per heavy atom. The highest BCUT2D eigenvalue weighted by Crippen LogP contribution is 2.26. The summed E-state index contributed by atoms with van der Waals surface area (Å²) in [5, 5.41) is 3.46. The van der Waals surface area contributed by atoms with E-state index in [4.69, 9.17) is 0 Å². The number of rotatable bonds is 8. The smallest absolute Gasteiger partial charge is 0.242 e. The third kappa shape index (κ3) is 6.38. The second-order valence-electron chi connectivity index (χ2n) is 7.70. The third-order valence-electron chi connectivity index (χ3n) is 4.58. The van der Waals surface area contributed by atoms with Gasteiger partial charge in [-0.2, -0.15) is 4.72 Å². The molecule has 2 aromatic carbocycles. The SMILES string of the molecule is Cc1cc(C)nc(Sc2ccc(NC(=O)[C@@H](NS(=O)(=O)c3ccccc3)C(C)C)cc2)n1. The number of carbonyl (C=O) groups excluding carboxylic acids is 1. The second kappa shape index (κ2) is 10.2. The maximum Gasteiger partial charge on any atom is 0.242 e. The van der Waals surface area contributed by atoms with Crippen LogP contribution in [0.1, 0.15) is 25.2 Å². The number of hydrogen-bond acceptors (Lipinski definition) is 6. The summed E-state index contributed by atoms with van der Waals surface area (Å²) in [6.45, 7) is 7.44. The molecule has 0 aliphatic heterocycles. The number of aromatic nitrogens is 2. The Bertz CT molecular complexity index is 1160. The Kier molecular flexibility index (Phi) is 7.65. The number of aryl methyl sites for hydroxylation is 2. The number of amides is 1. The van der Waals surface area contributed by atoms with Crippen LogP contribution in [0.5, 0.6) is 0 Å². The monoisotopic (exact) mass is 470 g/mol. The van der Waals surface area contributed by atoms with E-state index >= 15 is 0 Å². The lowest BCUT2D eigenvalue weighted by Crippen LogP contribution is -2.47. The molecule has 0 fully saturated rings. The van der Waals surface area contributed by atoms with E-state index in [1.54, 1.807) is 44.2 Å². The first-order valence-corrected chi connectivity index (χ1v) is 12.4. The zero-order valence-electron chi connectivity index (χ0n) is 18.4. The van der Waals surface area contributed by atoms with Gasteiger partial charge in [-0.05, 0) is 74.0 Å². The molecule has 1 atom stereocenters. The van der Waals surface area contributed by atoms with Crippen LogP contribution in [0.4, 0.5) is 5.69 Å². The predicted octanol–water partition coefficient (Wildman–Crippen LogP) is 4.19. The maximum atomic E-state index is 12.9. The molecule has 0 unspecified atom stereocenters. The molecule has 0 saturated carbocycles. The van der Waals surface area contributed by atoms with Gasteiger partial charge in [-0.1, -0.05) is 32.0 Å². The van der Waals surface area contributed by atoms with Gasteiger partial charge in [0.25, 0.3) is 0 Å². The van der Waals surface area contributed by atoms with E-state index in [2.05, 4.69) is 20.0 Å². The van der Waals surface area contributed by atoms with Crippen molar-refractivity contribution in [3.63, 3.8) is 0 Å². The number of sulfonamides is 1. The molecule has 3 aromatic rings. The first-order chi connectivity index (χ1) is 15.1. The van der Waals surface area contributed by atoms with Gasteiger partial charge in [0.1, 0.15) is 6.04 Å². The average molecular weight is 471 g/mol. The van der Waals surface area contributed by atoms with Gasteiger partial charge in [0.05, 0.1) is 4.90 Å². The summed E-state index contributed by atoms with van der Waals surface area (Å²) in [4.78, 5) is 22.7. The summed E-state index contributed by atoms with van der Waals surface area (Å²) in [6.07, 6.45) is 0. The summed E-state index contributed by atoms with van der Waals surface area (Å²) in [5.74, 6) is -0.664. The number of anilines is 1. The molecule has 1 amide bonds. The molecule has 1 heterocycles. The van der Waals surface area contributed by atoms with E-state index < -0.39 is 22.0 Å². The second-order valence-corrected chi connectivity index (χ2v) is 10.5. The lowest BCUT2D eigenvalue weighted by molar-refractivity contribution is -0.118. The van der Waals surface area contributed by atoms with Crippen molar-refractivity contribution >= 4 is 33.4 Å². The van der Waals surface area contributed by atoms with Crippen LogP contribution in [-0.2, 0) is 14.8 Å². The summed E-state index contributed by atoms with van der Waals surface area (Å²) in [7, 11) is -3.82. The van der Waals surface area contributed by atoms with Crippen LogP contribution in [-0.4, -0.2) is 30.3 Å². The van der Waals surface area contributed by atoms with Gasteiger partial charge < -0.3 is 5.32 Å². The maximum absolute atomic E-state index is 12.9. The summed E-state index contributed by atoms with van der Waals surface area (Å²) in [5.41, 5.74) is 2.38. The summed E-state index contributed by atoms with van der Waals surface area (Å²) in [6, 6.07) is 16.3. The molecule has 32 heavy (non-hydrogen) atoms. The molecule has 9 heteroatoms. The van der Waals surface area contributed by atoms with Crippen molar-refractivity contribution in [2.75, 3.05) is 5.32 Å². The molecule has 0 spiro atoms. The van der Waals surface area contributed by atoms with E-state index in [1.165, 1.54) is 23.9 Å². The van der Waals surface area contributed by atoms with Crippen molar-refractivity contribution in [3.8, 4) is 0 Å². The standard InChI is InChI=1S/C23H26N4O3S2/c1-15(2)21(27-32(29,30)20-8-6-5-7-9-20)22(28)26-18-10-12-19(13-11-18)31-23-24-16(3)14-17(4)25-23/h5-15,21,27H,1-4H3,(H,26,28)/t21-/m0/s1. The van der Waals surface area contributed by atoms with E-state index in [0.29, 0.717) is 10.8 Å². The Morgan fingerprint density at radius 2 is 1.53 bits per heavy atom. The lowest BCUT2D eigenvalue weighted by Gasteiger charge is -2.21. The number of benzene rings is 2. The van der Waals surface area contributed by atoms with Crippen LogP contribution < -0.4 is 10.0 Å². The largest absolute Gasteiger partial charge is 0.325 e. The highest BCUT2D eigenvalue weighted by Gasteiger charge is 2.28. The van der Waals surface area contributed by atoms with Crippen LogP contribution in [0, 0.1) is 19.8 Å². The predicted molar refractivity (Wildman–Crippen MR) is 126 cm³/mol. The van der Waals surface area contributed by atoms with Crippen molar-refractivity contribution in [2.45, 2.75) is 48.7 Å². The van der Waals surface area contributed by atoms with Crippen LogP contribution in [0.3, 0.4) is 0 Å². The topological polar surface area (TPSA) is 101 Å². The van der Waals surface area contributed by atoms with Gasteiger partial charge in [-0.15, -0.1) is 0 Å². The molecule has 0 bridgehead atoms. The third-order valence-corrected chi connectivity index (χ3v) is 6.91. The summed E-state index contributed by atoms with van der Waals surface area (Å²) >= 11 is 1.43. The van der Waals surface area contributed by atoms with Crippen molar-refractivity contribution < 1.29 is 13.2 Å². The van der Waals surface area contributed by atoms with E-state index in [9.17, 15) is 13.2 Å². The van der Waals surface area contributed by atoms with E-state index in [0.717, 1.165) is 16.3 Å². The van der Waals surface area contributed by atoms with Gasteiger partial charge in [0, 0.05) is 22.0 Å². The van der Waals surface area contributed by atoms with Gasteiger partial charge in [-0.3, -0.25) is 4.79 Å². The zero-order chi connectivity index (χ0) is 23.3. The van der Waals surface area contributed by atoms with Crippen molar-refractivity contribution in [1.29, 1.82) is 0 Å². The first kappa shape index (κ1) is 23.9. The summed E-state index contributed by atoms with van der Waals surface area (Å²) < 4.78 is 27.9. The molecule has 3 rings (SSSR count). The quantitative estimate of drug-likeness (QED) is 0.479. The van der Waals surface area contributed by atoms with Gasteiger partial charge in [0.2, 0.25) is 15.9 Å². The van der Waals surface area contributed by atoms with E-state index in [-0.39, 0.29) is 10.8 Å². The minimum absolute atomic E-state index is 0.119. The number of hydrogen-bond donors (Lipinski definition) is 2. The van der Waals surface area contributed by atoms with Crippen LogP contribution >= 0.6 is 11.8 Å². The molecular weight excluding hydrogens is 444 g/mol. The fourth-order valence-electron chi connectivity index (χ4n) is 3.00. The molecular formula is C23H26N4O3S2. The zero-order valence-corrected chi connectivity index (χ0v) is 20.0. The molecule has 1 aromatic heterocycles. The minimum Gasteiger partial charge on any atom is -0.325 e. The highest BCUT2D eigenvalue weighted by atomic mass is 32.2. The Labute approximate surface area is 193 Å². The van der Waals surface area contributed by atoms with Gasteiger partial charge >= 0.3 is 0 Å². The molecule has 0 aliphatic carbocycles. The van der Waals surface area contributed by atoms with Crippen LogP contribution in [0.15, 0.2) is 75.6 Å². The molecule has 168 valence electrons. The highest BCUT2D eigenvalue weighted by molar-refractivity contribution is 7.99. The average Bonchev–Trinajstić information content (AvgIpc) is 2.73. The lowest BCUT2D eigenvalue weighted by atomic mass is 10.0. The Morgan fingerprint density at radius 3 is 2.09 bits per heavy atom. The number of nitrogens with one attached hydrogen (secondary N) is 2. The fraction of sp³-hybridized carbons (Fsp3) is 0.261. The fourth-order valence-corrected chi connectivity index (χ4v) is 5.23. The van der Waals surface area contributed by atoms with Crippen LogP contribution in [0.25, 0.3) is 0 Å². The van der Waals surface area contributed by atoms with Crippen molar-refractivity contribution in [3.05, 3.63) is 72.1 Å². The van der Waals surface area contributed by atoms with Gasteiger partial charge in [0.15, 0.2) is 5.16 Å². The number of carbonyl (C=O) groups is 1. The molecule has 0 saturated heterocycles. The van der Waals surface area contributed by atoms with E-state index in [1.807, 2.05) is 32.0 Å². The Balaban J connectivity index is 1.69. The van der Waals surface area contributed by atoms with Crippen molar-refractivity contribution in [2.24, 2.45) is 5.92 Å². The van der Waals surface area contributed by atoms with Gasteiger partial charge in [-0.25, -0.2) is 18.4 Å². The normalized spacial score (nSPS) is 12.5. The first-order valence-electron chi connectivity index (χ1n) is 10.1.